The van der Waals surface area contributed by atoms with E-state index in [1.54, 1.807) is 12.1 Å². The molecule has 0 spiro atoms. The molecule has 21 heavy (non-hydrogen) atoms. The number of carbonyl (C=O) groups is 2. The predicted octanol–water partition coefficient (Wildman–Crippen LogP) is 1.56. The van der Waals surface area contributed by atoms with Crippen LogP contribution in [-0.4, -0.2) is 103 Å². The summed E-state index contributed by atoms with van der Waals surface area (Å²) >= 11 is 0. The van der Waals surface area contributed by atoms with E-state index in [-0.39, 0.29) is 86.4 Å². The van der Waals surface area contributed by atoms with E-state index in [0.29, 0.717) is 5.56 Å². The standard InChI is InChI=1S/C15H20O4.K.Na.2H/c1-8-6-10(11(13(16)17)14(18)19)7-9(2)12(8)15(3,4)5;;;;/h6-7,11H,1-5H3,(H,16,17)(H,18,19);;;;. The molecule has 0 saturated heterocycles. The van der Waals surface area contributed by atoms with Crippen molar-refractivity contribution in [2.75, 3.05) is 0 Å². The number of hydrogen-bond acceptors (Lipinski definition) is 2. The molecular formula is C15H22KNaO4. The van der Waals surface area contributed by atoms with E-state index in [9.17, 15) is 9.59 Å². The number of hydrogen-bond donors (Lipinski definition) is 2. The molecule has 108 valence electrons. The molecule has 0 atom stereocenters. The van der Waals surface area contributed by atoms with Gasteiger partial charge in [-0.05, 0) is 41.5 Å². The minimum atomic E-state index is -1.51. The van der Waals surface area contributed by atoms with Crippen molar-refractivity contribution in [1.82, 2.24) is 0 Å². The van der Waals surface area contributed by atoms with Crippen LogP contribution in [0.25, 0.3) is 0 Å². The molecule has 0 amide bonds. The van der Waals surface area contributed by atoms with Gasteiger partial charge in [-0.2, -0.15) is 0 Å². The van der Waals surface area contributed by atoms with Gasteiger partial charge in [0, 0.05) is 0 Å². The molecule has 0 heterocycles. The molecule has 0 unspecified atom stereocenters. The molecular weight excluding hydrogens is 306 g/mol. The number of aliphatic carboxylic acids is 2. The van der Waals surface area contributed by atoms with Crippen LogP contribution in [0.3, 0.4) is 0 Å². The van der Waals surface area contributed by atoms with Crippen LogP contribution in [0.2, 0.25) is 0 Å². The summed E-state index contributed by atoms with van der Waals surface area (Å²) in [4.78, 5) is 22.1. The van der Waals surface area contributed by atoms with Gasteiger partial charge in [-0.25, -0.2) is 0 Å². The summed E-state index contributed by atoms with van der Waals surface area (Å²) in [7, 11) is 0. The van der Waals surface area contributed by atoms with Crippen LogP contribution in [0, 0.1) is 13.8 Å². The second-order valence-electron chi connectivity index (χ2n) is 5.89. The van der Waals surface area contributed by atoms with Crippen LogP contribution in [0.15, 0.2) is 12.1 Å². The molecule has 0 radical (unpaired) electrons. The first-order chi connectivity index (χ1) is 8.55. The van der Waals surface area contributed by atoms with E-state index in [1.165, 1.54) is 0 Å². The zero-order valence-corrected chi connectivity index (χ0v) is 11.9. The molecule has 0 aromatic heterocycles. The summed E-state index contributed by atoms with van der Waals surface area (Å²) < 4.78 is 0. The zero-order chi connectivity index (χ0) is 15.0. The van der Waals surface area contributed by atoms with Crippen molar-refractivity contribution in [2.45, 2.75) is 46.0 Å². The van der Waals surface area contributed by atoms with Gasteiger partial charge < -0.3 is 10.2 Å². The summed E-state index contributed by atoms with van der Waals surface area (Å²) in [5.41, 5.74) is 3.24. The first-order valence-corrected chi connectivity index (χ1v) is 6.13. The Morgan fingerprint density at radius 1 is 1.00 bits per heavy atom. The summed E-state index contributed by atoms with van der Waals surface area (Å²) in [6, 6.07) is 3.33. The Kier molecular flexibility index (Phi) is 10.5. The van der Waals surface area contributed by atoms with Crippen molar-refractivity contribution in [1.29, 1.82) is 0 Å². The van der Waals surface area contributed by atoms with Crippen LogP contribution < -0.4 is 0 Å². The third kappa shape index (κ3) is 6.07. The maximum absolute atomic E-state index is 11.1. The molecule has 4 nitrogen and oxygen atoms in total. The van der Waals surface area contributed by atoms with Crippen molar-refractivity contribution >= 4 is 92.9 Å². The van der Waals surface area contributed by atoms with Gasteiger partial charge >= 0.3 is 92.9 Å². The van der Waals surface area contributed by atoms with Crippen molar-refractivity contribution in [3.05, 3.63) is 34.4 Å². The van der Waals surface area contributed by atoms with Crippen molar-refractivity contribution in [2.24, 2.45) is 0 Å². The molecule has 1 aromatic rings. The number of benzene rings is 1. The average molecular weight is 328 g/mol. The van der Waals surface area contributed by atoms with Crippen molar-refractivity contribution in [3.8, 4) is 0 Å². The summed E-state index contributed by atoms with van der Waals surface area (Å²) in [5, 5.41) is 18.1. The van der Waals surface area contributed by atoms with E-state index in [4.69, 9.17) is 10.2 Å². The van der Waals surface area contributed by atoms with Gasteiger partial charge in [-0.1, -0.05) is 32.9 Å². The quantitative estimate of drug-likeness (QED) is 0.652. The molecule has 0 aliphatic carbocycles. The van der Waals surface area contributed by atoms with Crippen molar-refractivity contribution < 1.29 is 19.8 Å². The van der Waals surface area contributed by atoms with Gasteiger partial charge in [0.25, 0.3) is 0 Å². The Hall–Kier alpha value is 0.796. The summed E-state index contributed by atoms with van der Waals surface area (Å²) in [5.74, 6) is -4.18. The summed E-state index contributed by atoms with van der Waals surface area (Å²) in [6.07, 6.45) is 0. The minimum absolute atomic E-state index is 0. The number of carboxylic acids is 2. The Bertz CT molecular complexity index is 498. The summed E-state index contributed by atoms with van der Waals surface area (Å²) in [6.45, 7) is 10.0. The monoisotopic (exact) mass is 328 g/mol. The molecule has 1 rings (SSSR count). The van der Waals surface area contributed by atoms with Crippen LogP contribution in [0.1, 0.15) is 48.9 Å². The van der Waals surface area contributed by atoms with Crippen LogP contribution in [0.5, 0.6) is 0 Å². The number of carboxylic acid groups (broad SMARTS) is 2. The molecule has 0 fully saturated rings. The number of rotatable bonds is 3. The van der Waals surface area contributed by atoms with Gasteiger partial charge in [0.15, 0.2) is 5.92 Å². The average Bonchev–Trinajstić information content (AvgIpc) is 2.11. The number of aryl methyl sites for hydroxylation is 2. The third-order valence-electron chi connectivity index (χ3n) is 3.13. The van der Waals surface area contributed by atoms with Gasteiger partial charge in [0.2, 0.25) is 0 Å². The Balaban J connectivity index is 0. The van der Waals surface area contributed by atoms with Gasteiger partial charge in [0.05, 0.1) is 0 Å². The molecule has 6 heteroatoms. The third-order valence-corrected chi connectivity index (χ3v) is 3.13. The second kappa shape index (κ2) is 9.18. The topological polar surface area (TPSA) is 74.6 Å². The normalized spacial score (nSPS) is 10.6. The van der Waals surface area contributed by atoms with Crippen LogP contribution in [0.4, 0.5) is 0 Å². The van der Waals surface area contributed by atoms with Gasteiger partial charge in [-0.3, -0.25) is 9.59 Å². The van der Waals surface area contributed by atoms with Crippen LogP contribution in [-0.2, 0) is 15.0 Å². The maximum atomic E-state index is 11.1. The Morgan fingerprint density at radius 2 is 1.33 bits per heavy atom. The molecule has 0 saturated carbocycles. The fourth-order valence-electron chi connectivity index (χ4n) is 2.74. The van der Waals surface area contributed by atoms with E-state index in [1.807, 2.05) is 13.8 Å². The molecule has 2 N–H and O–H groups in total. The van der Waals surface area contributed by atoms with E-state index in [0.717, 1.165) is 16.7 Å². The fourth-order valence-corrected chi connectivity index (χ4v) is 2.74. The van der Waals surface area contributed by atoms with Crippen molar-refractivity contribution in [3.63, 3.8) is 0 Å². The fraction of sp³-hybridized carbons (Fsp3) is 0.467. The first-order valence-electron chi connectivity index (χ1n) is 6.13. The molecule has 1 aromatic carbocycles. The first kappa shape index (κ1) is 24.1. The van der Waals surface area contributed by atoms with Gasteiger partial charge in [-0.15, -0.1) is 0 Å². The van der Waals surface area contributed by atoms with Crippen LogP contribution >= 0.6 is 0 Å². The van der Waals surface area contributed by atoms with E-state index >= 15 is 0 Å². The zero-order valence-electron chi connectivity index (χ0n) is 11.9. The Morgan fingerprint density at radius 3 is 1.57 bits per heavy atom. The van der Waals surface area contributed by atoms with Gasteiger partial charge in [0.1, 0.15) is 0 Å². The van der Waals surface area contributed by atoms with E-state index < -0.39 is 17.9 Å². The SMILES string of the molecule is Cc1cc(C(C(=O)O)C(=O)O)cc(C)c1C(C)(C)C.[KH].[NaH]. The molecule has 0 bridgehead atoms. The molecule has 0 aliphatic rings. The Labute approximate surface area is 190 Å². The predicted molar refractivity (Wildman–Crippen MR) is 86.9 cm³/mol. The molecule has 0 aliphatic heterocycles. The second-order valence-corrected chi connectivity index (χ2v) is 5.89. The van der Waals surface area contributed by atoms with E-state index in [2.05, 4.69) is 20.8 Å².